The molecule has 0 bridgehead atoms. The number of anilines is 1. The molecule has 108 valence electrons. The van der Waals surface area contributed by atoms with Crippen molar-refractivity contribution in [2.24, 2.45) is 0 Å². The van der Waals surface area contributed by atoms with Gasteiger partial charge in [-0.3, -0.25) is 20.2 Å². The van der Waals surface area contributed by atoms with Crippen LogP contribution in [0.1, 0.15) is 5.56 Å². The van der Waals surface area contributed by atoms with Gasteiger partial charge in [0.15, 0.2) is 0 Å². The summed E-state index contributed by atoms with van der Waals surface area (Å²) in [6.45, 7) is 0.192. The minimum atomic E-state index is -0.548. The molecule has 0 aliphatic carbocycles. The Hall–Kier alpha value is -2.55. The van der Waals surface area contributed by atoms with Gasteiger partial charge in [-0.1, -0.05) is 12.1 Å². The van der Waals surface area contributed by atoms with Gasteiger partial charge in [-0.15, -0.1) is 0 Å². The normalized spacial score (nSPS) is 10.1. The Morgan fingerprint density at radius 3 is 2.62 bits per heavy atom. The average Bonchev–Trinajstić information content (AvgIpc) is 2.46. The van der Waals surface area contributed by atoms with Gasteiger partial charge in [0.1, 0.15) is 0 Å². The lowest BCUT2D eigenvalue weighted by molar-refractivity contribution is -0.384. The van der Waals surface area contributed by atoms with Crippen molar-refractivity contribution >= 4 is 33.1 Å². The van der Waals surface area contributed by atoms with Crippen LogP contribution < -0.4 is 5.32 Å². The van der Waals surface area contributed by atoms with Gasteiger partial charge in [-0.25, -0.2) is 4.98 Å². The summed E-state index contributed by atoms with van der Waals surface area (Å²) in [6, 6.07) is 7.35. The number of hydrogen-bond acceptors (Lipinski definition) is 6. The second kappa shape index (κ2) is 6.27. The van der Waals surface area contributed by atoms with Gasteiger partial charge < -0.3 is 5.32 Å². The summed E-state index contributed by atoms with van der Waals surface area (Å²) < 4.78 is 0.495. The summed E-state index contributed by atoms with van der Waals surface area (Å²) in [5, 5.41) is 24.4. The molecule has 0 saturated carbocycles. The molecule has 9 heteroatoms. The number of rotatable bonds is 5. The molecule has 1 aromatic heterocycles. The first-order valence-corrected chi connectivity index (χ1v) is 6.54. The van der Waals surface area contributed by atoms with Crippen LogP contribution in [0.25, 0.3) is 0 Å². The molecule has 21 heavy (non-hydrogen) atoms. The molecule has 0 fully saturated rings. The highest BCUT2D eigenvalue weighted by Gasteiger charge is 2.15. The van der Waals surface area contributed by atoms with Crippen molar-refractivity contribution < 1.29 is 9.85 Å². The highest BCUT2D eigenvalue weighted by molar-refractivity contribution is 9.10. The fraction of sp³-hybridized carbons (Fsp3) is 0.0833. The smallest absolute Gasteiger partial charge is 0.312 e. The Morgan fingerprint density at radius 2 is 1.95 bits per heavy atom. The quantitative estimate of drug-likeness (QED) is 0.652. The molecular formula is C12H9BrN4O4. The van der Waals surface area contributed by atoms with Gasteiger partial charge in [0.25, 0.3) is 5.69 Å². The Morgan fingerprint density at radius 1 is 1.19 bits per heavy atom. The molecule has 0 atom stereocenters. The lowest BCUT2D eigenvalue weighted by Gasteiger charge is -2.06. The molecule has 2 rings (SSSR count). The van der Waals surface area contributed by atoms with Crippen molar-refractivity contribution in [2.75, 3.05) is 5.32 Å². The number of pyridine rings is 1. The first-order chi connectivity index (χ1) is 9.97. The molecule has 2 aromatic rings. The molecule has 0 saturated heterocycles. The fourth-order valence-corrected chi connectivity index (χ4v) is 1.99. The number of nitrogens with one attached hydrogen (secondary N) is 1. The third-order valence-corrected chi connectivity index (χ3v) is 3.05. The van der Waals surface area contributed by atoms with Gasteiger partial charge in [-0.05, 0) is 21.5 Å². The van der Waals surface area contributed by atoms with Crippen LogP contribution in [0.15, 0.2) is 41.0 Å². The van der Waals surface area contributed by atoms with Crippen LogP contribution in [-0.2, 0) is 6.54 Å². The molecule has 0 radical (unpaired) electrons. The molecular weight excluding hydrogens is 344 g/mol. The van der Waals surface area contributed by atoms with E-state index in [0.717, 1.165) is 0 Å². The Labute approximate surface area is 127 Å². The number of aromatic nitrogens is 1. The van der Waals surface area contributed by atoms with E-state index in [2.05, 4.69) is 26.2 Å². The molecule has 0 aliphatic heterocycles. The summed E-state index contributed by atoms with van der Waals surface area (Å²) in [5.41, 5.74) is 0.422. The van der Waals surface area contributed by atoms with Crippen molar-refractivity contribution in [2.45, 2.75) is 6.54 Å². The summed E-state index contributed by atoms with van der Waals surface area (Å²) in [6.07, 6.45) is 1.43. The first kappa shape index (κ1) is 14.9. The number of nitro groups is 2. The van der Waals surface area contributed by atoms with E-state index in [1.807, 2.05) is 0 Å². The highest BCUT2D eigenvalue weighted by Crippen LogP contribution is 2.26. The van der Waals surface area contributed by atoms with E-state index in [1.165, 1.54) is 24.4 Å². The standard InChI is InChI=1S/C12H9BrN4O4/c13-9-5-11(17(20)21)12(15-7-9)14-6-8-2-1-3-10(4-8)16(18)19/h1-5,7H,6H2,(H,14,15). The zero-order chi connectivity index (χ0) is 15.4. The van der Waals surface area contributed by atoms with E-state index >= 15 is 0 Å². The highest BCUT2D eigenvalue weighted by atomic mass is 79.9. The zero-order valence-corrected chi connectivity index (χ0v) is 12.1. The van der Waals surface area contributed by atoms with Crippen LogP contribution in [0.4, 0.5) is 17.2 Å². The lowest BCUT2D eigenvalue weighted by Crippen LogP contribution is -2.05. The van der Waals surface area contributed by atoms with E-state index < -0.39 is 9.85 Å². The molecule has 0 aliphatic rings. The molecule has 0 amide bonds. The SMILES string of the molecule is O=[N+]([O-])c1cccc(CNc2ncc(Br)cc2[N+](=O)[O-])c1. The van der Waals surface area contributed by atoms with Gasteiger partial charge in [0.2, 0.25) is 5.82 Å². The summed E-state index contributed by atoms with van der Waals surface area (Å²) in [4.78, 5) is 24.5. The summed E-state index contributed by atoms with van der Waals surface area (Å²) in [5.74, 6) is 0.106. The minimum absolute atomic E-state index is 0.0347. The topological polar surface area (TPSA) is 111 Å². The first-order valence-electron chi connectivity index (χ1n) is 5.74. The maximum atomic E-state index is 10.9. The number of hydrogen-bond donors (Lipinski definition) is 1. The summed E-state index contributed by atoms with van der Waals surface area (Å²) >= 11 is 3.12. The van der Waals surface area contributed by atoms with E-state index in [0.29, 0.717) is 10.0 Å². The third kappa shape index (κ3) is 3.72. The number of halogens is 1. The van der Waals surface area contributed by atoms with Crippen molar-refractivity contribution in [3.8, 4) is 0 Å². The van der Waals surface area contributed by atoms with Crippen molar-refractivity contribution in [3.05, 3.63) is 66.8 Å². The fourth-order valence-electron chi connectivity index (χ4n) is 1.67. The number of nitrogens with zero attached hydrogens (tertiary/aromatic N) is 3. The van der Waals surface area contributed by atoms with Crippen molar-refractivity contribution in [3.63, 3.8) is 0 Å². The van der Waals surface area contributed by atoms with E-state index in [4.69, 9.17) is 0 Å². The van der Waals surface area contributed by atoms with Crippen LogP contribution >= 0.6 is 15.9 Å². The largest absolute Gasteiger partial charge is 0.360 e. The summed E-state index contributed by atoms with van der Waals surface area (Å²) in [7, 11) is 0. The molecule has 0 unspecified atom stereocenters. The maximum Gasteiger partial charge on any atom is 0.312 e. The van der Waals surface area contributed by atoms with E-state index in [-0.39, 0.29) is 23.7 Å². The Balaban J connectivity index is 2.18. The molecule has 0 spiro atoms. The van der Waals surface area contributed by atoms with Crippen LogP contribution in [-0.4, -0.2) is 14.8 Å². The predicted octanol–water partition coefficient (Wildman–Crippen LogP) is 3.27. The number of benzene rings is 1. The minimum Gasteiger partial charge on any atom is -0.360 e. The number of non-ortho nitro benzene ring substituents is 1. The lowest BCUT2D eigenvalue weighted by atomic mass is 10.2. The van der Waals surface area contributed by atoms with E-state index in [1.54, 1.807) is 12.1 Å². The molecule has 8 nitrogen and oxygen atoms in total. The second-order valence-electron chi connectivity index (χ2n) is 4.06. The molecule has 1 heterocycles. The van der Waals surface area contributed by atoms with Crippen LogP contribution in [0.2, 0.25) is 0 Å². The van der Waals surface area contributed by atoms with Gasteiger partial charge in [-0.2, -0.15) is 0 Å². The number of nitro benzene ring substituents is 1. The second-order valence-corrected chi connectivity index (χ2v) is 4.97. The Bertz CT molecular complexity index is 707. The van der Waals surface area contributed by atoms with Gasteiger partial charge in [0.05, 0.1) is 9.85 Å². The van der Waals surface area contributed by atoms with Crippen LogP contribution in [0, 0.1) is 20.2 Å². The predicted molar refractivity (Wildman–Crippen MR) is 79.0 cm³/mol. The van der Waals surface area contributed by atoms with Crippen molar-refractivity contribution in [1.29, 1.82) is 0 Å². The molecule has 1 N–H and O–H groups in total. The van der Waals surface area contributed by atoms with E-state index in [9.17, 15) is 20.2 Å². The van der Waals surface area contributed by atoms with Crippen LogP contribution in [0.3, 0.4) is 0 Å². The van der Waals surface area contributed by atoms with Gasteiger partial charge in [0, 0.05) is 35.4 Å². The Kier molecular flexibility index (Phi) is 4.43. The zero-order valence-electron chi connectivity index (χ0n) is 10.5. The van der Waals surface area contributed by atoms with Gasteiger partial charge >= 0.3 is 5.69 Å². The van der Waals surface area contributed by atoms with Crippen LogP contribution in [0.5, 0.6) is 0 Å². The van der Waals surface area contributed by atoms with Crippen molar-refractivity contribution in [1.82, 2.24) is 4.98 Å². The monoisotopic (exact) mass is 352 g/mol. The average molecular weight is 353 g/mol. The molecule has 1 aromatic carbocycles. The third-order valence-electron chi connectivity index (χ3n) is 2.61. The maximum absolute atomic E-state index is 10.9.